The van der Waals surface area contributed by atoms with Gasteiger partial charge in [-0.2, -0.15) is 0 Å². The Morgan fingerprint density at radius 3 is 2.91 bits per heavy atom. The lowest BCUT2D eigenvalue weighted by molar-refractivity contribution is -0.107. The highest BCUT2D eigenvalue weighted by molar-refractivity contribution is 9.10. The molecular weight excluding hydrogens is 208 g/mol. The van der Waals surface area contributed by atoms with Gasteiger partial charge in [0.05, 0.1) is 4.47 Å². The molecule has 0 bridgehead atoms. The molecule has 0 aliphatic rings. The number of phenolic OH excluding ortho intramolecular Hbond substituents is 1. The molecule has 0 radical (unpaired) electrons. The van der Waals surface area contributed by atoms with Gasteiger partial charge in [0.15, 0.2) is 0 Å². The zero-order valence-corrected chi connectivity index (χ0v) is 7.34. The topological polar surface area (TPSA) is 37.3 Å². The minimum atomic E-state index is 0.171. The number of aromatic hydroxyl groups is 1. The third-order valence-electron chi connectivity index (χ3n) is 1.36. The molecule has 2 nitrogen and oxygen atoms in total. The van der Waals surface area contributed by atoms with Crippen molar-refractivity contribution in [3.63, 3.8) is 0 Å². The van der Waals surface area contributed by atoms with Crippen molar-refractivity contribution in [2.45, 2.75) is 6.42 Å². The first-order valence-corrected chi connectivity index (χ1v) is 3.95. The fourth-order valence-corrected chi connectivity index (χ4v) is 1.24. The van der Waals surface area contributed by atoms with Gasteiger partial charge >= 0.3 is 0 Å². The Labute approximate surface area is 73.0 Å². The van der Waals surface area contributed by atoms with E-state index in [1.165, 1.54) is 0 Å². The summed E-state index contributed by atoms with van der Waals surface area (Å²) in [6, 6.07) is 5.06. The molecule has 1 aromatic rings. The highest BCUT2D eigenvalue weighted by Crippen LogP contribution is 2.26. The zero-order valence-electron chi connectivity index (χ0n) is 5.75. The minimum Gasteiger partial charge on any atom is -0.507 e. The maximum absolute atomic E-state index is 10.1. The fourth-order valence-electron chi connectivity index (χ4n) is 0.814. The van der Waals surface area contributed by atoms with Crippen LogP contribution in [0.5, 0.6) is 5.75 Å². The number of aldehydes is 1. The van der Waals surface area contributed by atoms with Crippen LogP contribution in [-0.4, -0.2) is 11.4 Å². The van der Waals surface area contributed by atoms with Gasteiger partial charge < -0.3 is 9.90 Å². The predicted molar refractivity (Wildman–Crippen MR) is 45.6 cm³/mol. The number of hydrogen-bond acceptors (Lipinski definition) is 2. The largest absolute Gasteiger partial charge is 0.507 e. The highest BCUT2D eigenvalue weighted by atomic mass is 79.9. The van der Waals surface area contributed by atoms with Crippen molar-refractivity contribution in [1.82, 2.24) is 0 Å². The molecule has 0 atom stereocenters. The van der Waals surface area contributed by atoms with Crippen molar-refractivity contribution < 1.29 is 9.90 Å². The van der Waals surface area contributed by atoms with Gasteiger partial charge in [-0.05, 0) is 27.6 Å². The van der Waals surface area contributed by atoms with Gasteiger partial charge in [-0.1, -0.05) is 12.1 Å². The Morgan fingerprint density at radius 1 is 1.55 bits per heavy atom. The molecule has 0 aliphatic carbocycles. The standard InChI is InChI=1S/C8H7BrO2/c9-8-6(4-5-10)2-1-3-7(8)11/h1-3,5,11H,4H2. The van der Waals surface area contributed by atoms with Crippen molar-refractivity contribution in [2.24, 2.45) is 0 Å². The van der Waals surface area contributed by atoms with Crippen LogP contribution in [0, 0.1) is 0 Å². The average Bonchev–Trinajstić information content (AvgIpc) is 1.99. The van der Waals surface area contributed by atoms with Gasteiger partial charge in [-0.25, -0.2) is 0 Å². The van der Waals surface area contributed by atoms with Crippen LogP contribution in [0.15, 0.2) is 22.7 Å². The van der Waals surface area contributed by atoms with Crippen LogP contribution in [0.1, 0.15) is 5.56 Å². The predicted octanol–water partition coefficient (Wildman–Crippen LogP) is 1.90. The van der Waals surface area contributed by atoms with E-state index in [0.717, 1.165) is 11.8 Å². The van der Waals surface area contributed by atoms with Gasteiger partial charge in [0.25, 0.3) is 0 Å². The van der Waals surface area contributed by atoms with E-state index in [0.29, 0.717) is 10.9 Å². The number of carbonyl (C=O) groups excluding carboxylic acids is 1. The Morgan fingerprint density at radius 2 is 2.27 bits per heavy atom. The first-order valence-electron chi connectivity index (χ1n) is 3.15. The summed E-state index contributed by atoms with van der Waals surface area (Å²) >= 11 is 3.17. The SMILES string of the molecule is O=CCc1cccc(O)c1Br. The highest BCUT2D eigenvalue weighted by Gasteiger charge is 2.02. The number of hydrogen-bond donors (Lipinski definition) is 1. The first-order chi connectivity index (χ1) is 5.25. The smallest absolute Gasteiger partial charge is 0.130 e. The molecule has 0 heterocycles. The number of halogens is 1. The van der Waals surface area contributed by atoms with Gasteiger partial charge in [-0.3, -0.25) is 0 Å². The van der Waals surface area contributed by atoms with E-state index < -0.39 is 0 Å². The Bertz CT molecular complexity index is 271. The lowest BCUT2D eigenvalue weighted by Crippen LogP contribution is -1.86. The van der Waals surface area contributed by atoms with E-state index in [1.807, 2.05) is 0 Å². The van der Waals surface area contributed by atoms with Crippen molar-refractivity contribution in [3.05, 3.63) is 28.2 Å². The lowest BCUT2D eigenvalue weighted by Gasteiger charge is -2.00. The molecule has 1 aromatic carbocycles. The van der Waals surface area contributed by atoms with Crippen molar-refractivity contribution in [1.29, 1.82) is 0 Å². The van der Waals surface area contributed by atoms with E-state index in [4.69, 9.17) is 5.11 Å². The Balaban J connectivity index is 3.05. The van der Waals surface area contributed by atoms with Gasteiger partial charge in [-0.15, -0.1) is 0 Å². The lowest BCUT2D eigenvalue weighted by atomic mass is 10.2. The molecular formula is C8H7BrO2. The Kier molecular flexibility index (Phi) is 2.65. The minimum absolute atomic E-state index is 0.171. The van der Waals surface area contributed by atoms with E-state index >= 15 is 0 Å². The molecule has 0 spiro atoms. The van der Waals surface area contributed by atoms with E-state index in [9.17, 15) is 4.79 Å². The molecule has 11 heavy (non-hydrogen) atoms. The summed E-state index contributed by atoms with van der Waals surface area (Å²) in [7, 11) is 0. The summed E-state index contributed by atoms with van der Waals surface area (Å²) in [5.41, 5.74) is 0.806. The summed E-state index contributed by atoms with van der Waals surface area (Å²) in [6.45, 7) is 0. The second-order valence-electron chi connectivity index (χ2n) is 2.12. The Hall–Kier alpha value is -0.830. The average molecular weight is 215 g/mol. The maximum atomic E-state index is 10.1. The zero-order chi connectivity index (χ0) is 8.27. The van der Waals surface area contributed by atoms with Gasteiger partial charge in [0.2, 0.25) is 0 Å². The summed E-state index contributed by atoms with van der Waals surface area (Å²) in [5.74, 6) is 0.171. The van der Waals surface area contributed by atoms with Crippen LogP contribution in [0.25, 0.3) is 0 Å². The third kappa shape index (κ3) is 1.80. The van der Waals surface area contributed by atoms with Crippen LogP contribution in [0.3, 0.4) is 0 Å². The number of rotatable bonds is 2. The molecule has 0 aliphatic heterocycles. The quantitative estimate of drug-likeness (QED) is 0.765. The molecule has 3 heteroatoms. The van der Waals surface area contributed by atoms with E-state index in [-0.39, 0.29) is 5.75 Å². The monoisotopic (exact) mass is 214 g/mol. The van der Waals surface area contributed by atoms with Crippen LogP contribution in [0.4, 0.5) is 0 Å². The first kappa shape index (κ1) is 8.27. The maximum Gasteiger partial charge on any atom is 0.130 e. The number of carbonyl (C=O) groups is 1. The summed E-state index contributed by atoms with van der Waals surface area (Å²) in [6.07, 6.45) is 1.13. The van der Waals surface area contributed by atoms with Crippen molar-refractivity contribution in [3.8, 4) is 5.75 Å². The molecule has 0 saturated carbocycles. The second-order valence-corrected chi connectivity index (χ2v) is 2.91. The number of benzene rings is 1. The second kappa shape index (κ2) is 3.53. The van der Waals surface area contributed by atoms with Gasteiger partial charge in [0, 0.05) is 6.42 Å². The fraction of sp³-hybridized carbons (Fsp3) is 0.125. The molecule has 0 aromatic heterocycles. The summed E-state index contributed by atoms with van der Waals surface area (Å²) in [4.78, 5) is 10.1. The number of phenols is 1. The van der Waals surface area contributed by atoms with Crippen LogP contribution in [0.2, 0.25) is 0 Å². The van der Waals surface area contributed by atoms with E-state index in [1.54, 1.807) is 18.2 Å². The van der Waals surface area contributed by atoms with E-state index in [2.05, 4.69) is 15.9 Å². The van der Waals surface area contributed by atoms with Crippen molar-refractivity contribution in [2.75, 3.05) is 0 Å². The van der Waals surface area contributed by atoms with Crippen LogP contribution < -0.4 is 0 Å². The molecule has 0 unspecified atom stereocenters. The molecule has 58 valence electrons. The van der Waals surface area contributed by atoms with Crippen LogP contribution in [-0.2, 0) is 11.2 Å². The van der Waals surface area contributed by atoms with Crippen molar-refractivity contribution >= 4 is 22.2 Å². The van der Waals surface area contributed by atoms with Crippen LogP contribution >= 0.6 is 15.9 Å². The molecule has 0 amide bonds. The summed E-state index contributed by atoms with van der Waals surface area (Å²) in [5, 5.41) is 9.16. The molecule has 1 N–H and O–H groups in total. The third-order valence-corrected chi connectivity index (χ3v) is 2.28. The molecule has 0 saturated heterocycles. The molecule has 1 rings (SSSR count). The summed E-state index contributed by atoms with van der Waals surface area (Å²) < 4.78 is 0.604. The molecule has 0 fully saturated rings. The van der Waals surface area contributed by atoms with Gasteiger partial charge in [0.1, 0.15) is 12.0 Å². The normalized spacial score (nSPS) is 9.55.